The Morgan fingerprint density at radius 2 is 1.86 bits per heavy atom. The average molecular weight is 403 g/mol. The molecule has 1 saturated carbocycles. The lowest BCUT2D eigenvalue weighted by atomic mass is 9.94. The summed E-state index contributed by atoms with van der Waals surface area (Å²) in [5.41, 5.74) is 1.25. The fourth-order valence-electron chi connectivity index (χ4n) is 4.42. The van der Waals surface area contributed by atoms with E-state index in [9.17, 15) is 0 Å². The number of nitrogens with one attached hydrogen (secondary N) is 1. The molecule has 1 aliphatic carbocycles. The van der Waals surface area contributed by atoms with Gasteiger partial charge in [-0.3, -0.25) is 9.47 Å². The molecule has 2 aromatic rings. The van der Waals surface area contributed by atoms with Crippen LogP contribution in [0.4, 0.5) is 5.13 Å². The van der Waals surface area contributed by atoms with Crippen LogP contribution in [0.1, 0.15) is 57.6 Å². The first-order valence-corrected chi connectivity index (χ1v) is 11.9. The largest absolute Gasteiger partial charge is 0.344 e. The van der Waals surface area contributed by atoms with Gasteiger partial charge in [-0.25, -0.2) is 0 Å². The molecule has 154 valence electrons. The normalized spacial score (nSPS) is 19.4. The molecule has 6 nitrogen and oxygen atoms in total. The van der Waals surface area contributed by atoms with E-state index in [1.165, 1.54) is 50.6 Å². The van der Waals surface area contributed by atoms with Gasteiger partial charge < -0.3 is 10.2 Å². The summed E-state index contributed by atoms with van der Waals surface area (Å²) >= 11 is 1.71. The van der Waals surface area contributed by atoms with Gasteiger partial charge in [0.1, 0.15) is 0 Å². The summed E-state index contributed by atoms with van der Waals surface area (Å²) in [6, 6.07) is 5.09. The Morgan fingerprint density at radius 3 is 2.64 bits per heavy atom. The highest BCUT2D eigenvalue weighted by Gasteiger charge is 2.26. The van der Waals surface area contributed by atoms with Crippen LogP contribution in [0.3, 0.4) is 0 Å². The second kappa shape index (κ2) is 9.85. The van der Waals surface area contributed by atoms with Crippen LogP contribution in [0.2, 0.25) is 0 Å². The van der Waals surface area contributed by atoms with E-state index in [0.717, 1.165) is 55.6 Å². The van der Waals surface area contributed by atoms with Gasteiger partial charge in [-0.2, -0.15) is 0 Å². The monoisotopic (exact) mass is 402 g/mol. The topological polar surface area (TPSA) is 49.2 Å². The highest BCUT2D eigenvalue weighted by molar-refractivity contribution is 7.17. The van der Waals surface area contributed by atoms with Gasteiger partial charge in [-0.05, 0) is 37.9 Å². The van der Waals surface area contributed by atoms with Crippen LogP contribution in [-0.2, 0) is 6.54 Å². The third-order valence-corrected chi connectivity index (χ3v) is 7.12. The van der Waals surface area contributed by atoms with E-state index in [2.05, 4.69) is 55.1 Å². The molecule has 0 spiro atoms. The van der Waals surface area contributed by atoms with Crippen LogP contribution in [0, 0.1) is 0 Å². The zero-order valence-electron chi connectivity index (χ0n) is 17.1. The number of hydrogen-bond acceptors (Lipinski definition) is 6. The molecule has 1 saturated heterocycles. The second-order valence-electron chi connectivity index (χ2n) is 8.08. The van der Waals surface area contributed by atoms with Crippen molar-refractivity contribution in [3.05, 3.63) is 24.0 Å². The number of hydrogen-bond donors (Lipinski definition) is 1. The fraction of sp³-hybridized carbons (Fsp3) is 0.714. The smallest absolute Gasteiger partial charge is 0.218 e. The van der Waals surface area contributed by atoms with E-state index in [4.69, 9.17) is 0 Å². The minimum Gasteiger partial charge on any atom is -0.344 e. The molecule has 0 aromatic carbocycles. The molecule has 4 rings (SSSR count). The Kier molecular flexibility index (Phi) is 6.99. The fourth-order valence-corrected chi connectivity index (χ4v) is 5.34. The predicted molar refractivity (Wildman–Crippen MR) is 117 cm³/mol. The van der Waals surface area contributed by atoms with Crippen LogP contribution in [-0.4, -0.2) is 58.4 Å². The van der Waals surface area contributed by atoms with Crippen molar-refractivity contribution in [2.45, 2.75) is 64.5 Å². The van der Waals surface area contributed by atoms with E-state index in [0.29, 0.717) is 0 Å². The van der Waals surface area contributed by atoms with Crippen molar-refractivity contribution in [2.24, 2.45) is 0 Å². The molecule has 0 amide bonds. The number of rotatable bonds is 8. The lowest BCUT2D eigenvalue weighted by Gasteiger charge is -2.40. The van der Waals surface area contributed by atoms with Crippen molar-refractivity contribution in [1.82, 2.24) is 25.0 Å². The maximum Gasteiger partial charge on any atom is 0.218 e. The molecule has 2 aliphatic rings. The standard InChI is InChI=1S/C21H34N6S/c1-2-3-11-22-17-19-10-7-12-27(19)21-24-23-20(28-21)26-15-13-25(14-16-26)18-8-5-4-6-9-18/h7,10,12,18,22H,2-6,8-9,11,13-17H2,1H3. The molecule has 1 N–H and O–H groups in total. The van der Waals surface area contributed by atoms with Crippen LogP contribution >= 0.6 is 11.3 Å². The van der Waals surface area contributed by atoms with E-state index in [-0.39, 0.29) is 0 Å². The van der Waals surface area contributed by atoms with Gasteiger partial charge in [0.05, 0.1) is 0 Å². The zero-order chi connectivity index (χ0) is 19.2. The first kappa shape index (κ1) is 19.9. The lowest BCUT2D eigenvalue weighted by Crippen LogP contribution is -2.50. The number of aromatic nitrogens is 3. The summed E-state index contributed by atoms with van der Waals surface area (Å²) in [5.74, 6) is 0. The minimum absolute atomic E-state index is 0.823. The Bertz CT molecular complexity index is 712. The molecule has 0 unspecified atom stereocenters. The Hall–Kier alpha value is -1.44. The van der Waals surface area contributed by atoms with Crippen LogP contribution in [0.15, 0.2) is 18.3 Å². The van der Waals surface area contributed by atoms with Crippen LogP contribution in [0.25, 0.3) is 5.13 Å². The van der Waals surface area contributed by atoms with Gasteiger partial charge in [-0.15, -0.1) is 10.2 Å². The van der Waals surface area contributed by atoms with Crippen molar-refractivity contribution >= 4 is 16.5 Å². The molecule has 0 bridgehead atoms. The molecule has 1 aliphatic heterocycles. The molecule has 3 heterocycles. The molecular formula is C21H34N6S. The third-order valence-electron chi connectivity index (χ3n) is 6.13. The van der Waals surface area contributed by atoms with Crippen LogP contribution < -0.4 is 10.2 Å². The van der Waals surface area contributed by atoms with Gasteiger partial charge in [0.2, 0.25) is 10.3 Å². The van der Waals surface area contributed by atoms with Crippen molar-refractivity contribution in [1.29, 1.82) is 0 Å². The average Bonchev–Trinajstić information content (AvgIpc) is 3.41. The van der Waals surface area contributed by atoms with Crippen molar-refractivity contribution in [3.8, 4) is 5.13 Å². The predicted octanol–water partition coefficient (Wildman–Crippen LogP) is 3.67. The van der Waals surface area contributed by atoms with Crippen LogP contribution in [0.5, 0.6) is 0 Å². The second-order valence-corrected chi connectivity index (χ2v) is 9.02. The van der Waals surface area contributed by atoms with E-state index in [1.807, 2.05) is 0 Å². The molecule has 7 heteroatoms. The summed E-state index contributed by atoms with van der Waals surface area (Å²) in [4.78, 5) is 5.13. The Balaban J connectivity index is 1.33. The minimum atomic E-state index is 0.823. The quantitative estimate of drug-likeness (QED) is 0.683. The molecule has 0 radical (unpaired) electrons. The Labute approximate surface area is 172 Å². The third kappa shape index (κ3) is 4.75. The number of unbranched alkanes of at least 4 members (excludes halogenated alkanes) is 1. The summed E-state index contributed by atoms with van der Waals surface area (Å²) in [5, 5.41) is 14.6. The molecule has 0 atom stereocenters. The van der Waals surface area contributed by atoms with E-state index in [1.54, 1.807) is 11.3 Å². The summed E-state index contributed by atoms with van der Waals surface area (Å²) in [6.07, 6.45) is 11.6. The van der Waals surface area contributed by atoms with Crippen molar-refractivity contribution in [2.75, 3.05) is 37.6 Å². The lowest BCUT2D eigenvalue weighted by molar-refractivity contribution is 0.148. The van der Waals surface area contributed by atoms with E-state index >= 15 is 0 Å². The number of nitrogens with zero attached hydrogens (tertiary/aromatic N) is 5. The highest BCUT2D eigenvalue weighted by Crippen LogP contribution is 2.28. The first-order valence-electron chi connectivity index (χ1n) is 11.0. The summed E-state index contributed by atoms with van der Waals surface area (Å²) < 4.78 is 2.18. The van der Waals surface area contributed by atoms with Gasteiger partial charge in [0.25, 0.3) is 0 Å². The molecule has 2 aromatic heterocycles. The maximum atomic E-state index is 4.52. The van der Waals surface area contributed by atoms with Gasteiger partial charge >= 0.3 is 0 Å². The number of piperazine rings is 1. The summed E-state index contributed by atoms with van der Waals surface area (Å²) in [7, 11) is 0. The Morgan fingerprint density at radius 1 is 1.07 bits per heavy atom. The molecule has 2 fully saturated rings. The van der Waals surface area contributed by atoms with Crippen molar-refractivity contribution in [3.63, 3.8) is 0 Å². The van der Waals surface area contributed by atoms with Gasteiger partial charge in [-0.1, -0.05) is 43.9 Å². The van der Waals surface area contributed by atoms with Gasteiger partial charge in [0.15, 0.2) is 0 Å². The molecular weight excluding hydrogens is 368 g/mol. The molecule has 28 heavy (non-hydrogen) atoms. The van der Waals surface area contributed by atoms with Gasteiger partial charge in [0, 0.05) is 50.7 Å². The van der Waals surface area contributed by atoms with E-state index < -0.39 is 0 Å². The maximum absolute atomic E-state index is 4.52. The number of anilines is 1. The zero-order valence-corrected chi connectivity index (χ0v) is 18.0. The first-order chi connectivity index (χ1) is 13.8. The highest BCUT2D eigenvalue weighted by atomic mass is 32.1. The summed E-state index contributed by atoms with van der Waals surface area (Å²) in [6.45, 7) is 8.63. The SMILES string of the molecule is CCCCNCc1cccn1-c1nnc(N2CCN(C3CCCCC3)CC2)s1. The van der Waals surface area contributed by atoms with Crippen molar-refractivity contribution < 1.29 is 0 Å².